The molecular formula is C18H17FIN5O2. The standard InChI is InChI=1S/C18H17FIN5O2/c19-12-5-11(20)1-2-13(12)23-14-6-15(26)24-17-16(14)18(27)25(9-22-17)8-10-3-4-21-7-10/h1-2,5-6,9-10,21H,3-4,7-8H2,(H2,23,24,26). The van der Waals surface area contributed by atoms with E-state index in [1.165, 1.54) is 18.5 Å². The molecule has 1 fully saturated rings. The van der Waals surface area contributed by atoms with E-state index in [-0.39, 0.29) is 28.0 Å². The first-order valence-corrected chi connectivity index (χ1v) is 9.64. The zero-order valence-electron chi connectivity index (χ0n) is 14.3. The van der Waals surface area contributed by atoms with E-state index in [1.54, 1.807) is 16.7 Å². The summed E-state index contributed by atoms with van der Waals surface area (Å²) in [5, 5.41) is 6.39. The van der Waals surface area contributed by atoms with Gasteiger partial charge in [-0.2, -0.15) is 0 Å². The van der Waals surface area contributed by atoms with Crippen LogP contribution in [-0.2, 0) is 6.54 Å². The topological polar surface area (TPSA) is 91.8 Å². The Morgan fingerprint density at radius 3 is 2.89 bits per heavy atom. The lowest BCUT2D eigenvalue weighted by Gasteiger charge is -2.14. The zero-order chi connectivity index (χ0) is 19.0. The number of hydrogen-bond donors (Lipinski definition) is 3. The molecule has 0 radical (unpaired) electrons. The van der Waals surface area contributed by atoms with Crippen LogP contribution in [0.4, 0.5) is 15.8 Å². The number of nitrogens with zero attached hydrogens (tertiary/aromatic N) is 2. The van der Waals surface area contributed by atoms with Crippen LogP contribution >= 0.6 is 22.6 Å². The molecule has 27 heavy (non-hydrogen) atoms. The number of pyridine rings is 1. The quantitative estimate of drug-likeness (QED) is 0.497. The number of H-pyrrole nitrogens is 1. The van der Waals surface area contributed by atoms with Crippen LogP contribution in [0.25, 0.3) is 11.0 Å². The lowest BCUT2D eigenvalue weighted by Crippen LogP contribution is -2.27. The van der Waals surface area contributed by atoms with E-state index in [0.29, 0.717) is 12.5 Å². The van der Waals surface area contributed by atoms with Gasteiger partial charge in [0.05, 0.1) is 17.7 Å². The van der Waals surface area contributed by atoms with Gasteiger partial charge < -0.3 is 15.6 Å². The molecule has 1 saturated heterocycles. The Morgan fingerprint density at radius 1 is 1.30 bits per heavy atom. The third-order valence-corrected chi connectivity index (χ3v) is 5.31. The van der Waals surface area contributed by atoms with Gasteiger partial charge in [-0.05, 0) is 66.2 Å². The second-order valence-corrected chi connectivity index (χ2v) is 7.83. The summed E-state index contributed by atoms with van der Waals surface area (Å²) < 4.78 is 16.5. The molecule has 1 aromatic carbocycles. The number of nitrogens with one attached hydrogen (secondary N) is 3. The summed E-state index contributed by atoms with van der Waals surface area (Å²) in [6, 6.07) is 5.94. The van der Waals surface area contributed by atoms with Crippen LogP contribution in [0.2, 0.25) is 0 Å². The lowest BCUT2D eigenvalue weighted by atomic mass is 10.1. The highest BCUT2D eigenvalue weighted by Gasteiger charge is 2.18. The van der Waals surface area contributed by atoms with E-state index in [4.69, 9.17) is 0 Å². The number of fused-ring (bicyclic) bond motifs is 1. The van der Waals surface area contributed by atoms with Crippen LogP contribution in [0.15, 0.2) is 40.2 Å². The van der Waals surface area contributed by atoms with Crippen molar-refractivity contribution in [1.82, 2.24) is 19.9 Å². The first kappa shape index (κ1) is 18.1. The van der Waals surface area contributed by atoms with Gasteiger partial charge in [0.1, 0.15) is 16.9 Å². The van der Waals surface area contributed by atoms with Crippen molar-refractivity contribution < 1.29 is 4.39 Å². The van der Waals surface area contributed by atoms with Crippen molar-refractivity contribution in [3.05, 3.63) is 60.7 Å². The van der Waals surface area contributed by atoms with Crippen LogP contribution < -0.4 is 21.8 Å². The van der Waals surface area contributed by atoms with Gasteiger partial charge in [-0.15, -0.1) is 0 Å². The maximum Gasteiger partial charge on any atom is 0.264 e. The van der Waals surface area contributed by atoms with E-state index in [0.717, 1.165) is 23.1 Å². The summed E-state index contributed by atoms with van der Waals surface area (Å²) in [6.07, 6.45) is 2.45. The molecule has 3 aromatic rings. The Hall–Kier alpha value is -2.27. The van der Waals surface area contributed by atoms with E-state index >= 15 is 0 Å². The Bertz CT molecular complexity index is 1120. The summed E-state index contributed by atoms with van der Waals surface area (Å²) >= 11 is 2.01. The summed E-state index contributed by atoms with van der Waals surface area (Å²) in [4.78, 5) is 31.8. The van der Waals surface area contributed by atoms with Gasteiger partial charge >= 0.3 is 0 Å². The number of hydrogen-bond acceptors (Lipinski definition) is 5. The average molecular weight is 481 g/mol. The SMILES string of the molecule is O=c1cc(Nc2ccc(I)cc2F)c2c(=O)n(CC3CCNC3)cnc2[nH]1. The van der Waals surface area contributed by atoms with Crippen molar-refractivity contribution in [2.24, 2.45) is 5.92 Å². The molecule has 1 aliphatic rings. The van der Waals surface area contributed by atoms with Crippen molar-refractivity contribution in [3.63, 3.8) is 0 Å². The predicted octanol–water partition coefficient (Wildman–Crippen LogP) is 2.18. The van der Waals surface area contributed by atoms with Crippen molar-refractivity contribution in [1.29, 1.82) is 0 Å². The molecule has 9 heteroatoms. The van der Waals surface area contributed by atoms with Gasteiger partial charge in [0, 0.05) is 16.2 Å². The minimum absolute atomic E-state index is 0.182. The molecule has 1 unspecified atom stereocenters. The predicted molar refractivity (Wildman–Crippen MR) is 110 cm³/mol. The van der Waals surface area contributed by atoms with Crippen LogP contribution in [0.3, 0.4) is 0 Å². The minimum Gasteiger partial charge on any atom is -0.352 e. The molecule has 7 nitrogen and oxygen atoms in total. The van der Waals surface area contributed by atoms with Gasteiger partial charge in [0.15, 0.2) is 0 Å². The smallest absolute Gasteiger partial charge is 0.264 e. The van der Waals surface area contributed by atoms with Crippen LogP contribution in [0, 0.1) is 15.3 Å². The van der Waals surface area contributed by atoms with Crippen molar-refractivity contribution >= 4 is 45.0 Å². The van der Waals surface area contributed by atoms with Gasteiger partial charge in [0.2, 0.25) is 0 Å². The summed E-state index contributed by atoms with van der Waals surface area (Å²) in [7, 11) is 0. The van der Waals surface area contributed by atoms with Crippen LogP contribution in [-0.4, -0.2) is 27.6 Å². The highest BCUT2D eigenvalue weighted by atomic mass is 127. The first-order chi connectivity index (χ1) is 13.0. The summed E-state index contributed by atoms with van der Waals surface area (Å²) in [6.45, 7) is 2.34. The van der Waals surface area contributed by atoms with E-state index in [1.807, 2.05) is 22.6 Å². The highest BCUT2D eigenvalue weighted by Crippen LogP contribution is 2.24. The molecule has 2 aromatic heterocycles. The molecular weight excluding hydrogens is 464 g/mol. The Labute approximate surface area is 167 Å². The second kappa shape index (κ2) is 7.39. The highest BCUT2D eigenvalue weighted by molar-refractivity contribution is 14.1. The Morgan fingerprint density at radius 2 is 2.15 bits per heavy atom. The molecule has 0 bridgehead atoms. The molecule has 0 spiro atoms. The Balaban J connectivity index is 1.80. The number of rotatable bonds is 4. The fraction of sp³-hybridized carbons (Fsp3) is 0.278. The molecule has 0 amide bonds. The number of aromatic amines is 1. The average Bonchev–Trinajstić information content (AvgIpc) is 3.12. The summed E-state index contributed by atoms with van der Waals surface area (Å²) in [5.74, 6) is -0.105. The molecule has 4 rings (SSSR count). The minimum atomic E-state index is -0.462. The normalized spacial score (nSPS) is 16.7. The fourth-order valence-electron chi connectivity index (χ4n) is 3.30. The molecule has 3 heterocycles. The molecule has 0 aliphatic carbocycles. The number of aromatic nitrogens is 3. The third kappa shape index (κ3) is 3.74. The monoisotopic (exact) mass is 481 g/mol. The molecule has 1 aliphatic heterocycles. The van der Waals surface area contributed by atoms with Gasteiger partial charge in [0.25, 0.3) is 11.1 Å². The maximum absolute atomic E-state index is 14.2. The Kier molecular flexibility index (Phi) is 4.96. The third-order valence-electron chi connectivity index (χ3n) is 4.64. The van der Waals surface area contributed by atoms with Crippen molar-refractivity contribution in [2.75, 3.05) is 18.4 Å². The van der Waals surface area contributed by atoms with Gasteiger partial charge in [-0.1, -0.05) is 0 Å². The first-order valence-electron chi connectivity index (χ1n) is 8.56. The number of halogens is 2. The summed E-state index contributed by atoms with van der Waals surface area (Å²) in [5.41, 5.74) is -0.0683. The number of benzene rings is 1. The largest absolute Gasteiger partial charge is 0.352 e. The van der Waals surface area contributed by atoms with Gasteiger partial charge in [-0.3, -0.25) is 14.2 Å². The van der Waals surface area contributed by atoms with Gasteiger partial charge in [-0.25, -0.2) is 9.37 Å². The maximum atomic E-state index is 14.2. The lowest BCUT2D eigenvalue weighted by molar-refractivity contribution is 0.470. The molecule has 3 N–H and O–H groups in total. The molecule has 140 valence electrons. The van der Waals surface area contributed by atoms with Crippen molar-refractivity contribution in [3.8, 4) is 0 Å². The molecule has 0 saturated carbocycles. The van der Waals surface area contributed by atoms with E-state index < -0.39 is 11.4 Å². The zero-order valence-corrected chi connectivity index (χ0v) is 16.4. The van der Waals surface area contributed by atoms with E-state index in [2.05, 4.69) is 20.6 Å². The number of anilines is 2. The fourth-order valence-corrected chi connectivity index (χ4v) is 3.75. The second-order valence-electron chi connectivity index (χ2n) is 6.58. The van der Waals surface area contributed by atoms with Crippen LogP contribution in [0.5, 0.6) is 0 Å². The van der Waals surface area contributed by atoms with E-state index in [9.17, 15) is 14.0 Å². The van der Waals surface area contributed by atoms with Crippen LogP contribution in [0.1, 0.15) is 6.42 Å². The molecule has 1 atom stereocenters. The van der Waals surface area contributed by atoms with Crippen molar-refractivity contribution in [2.45, 2.75) is 13.0 Å².